The van der Waals surface area contributed by atoms with Crippen molar-refractivity contribution in [3.05, 3.63) is 22.5 Å². The third-order valence-corrected chi connectivity index (χ3v) is 2.84. The molecule has 14 heavy (non-hydrogen) atoms. The van der Waals surface area contributed by atoms with E-state index in [1.165, 1.54) is 10.6 Å². The molecule has 2 aromatic rings. The lowest BCUT2D eigenvalue weighted by molar-refractivity contribution is 0.0701. The van der Waals surface area contributed by atoms with Crippen LogP contribution in [0.25, 0.3) is 4.96 Å². The number of carboxylic acid groups (broad SMARTS) is 1. The summed E-state index contributed by atoms with van der Waals surface area (Å²) in [5.41, 5.74) is 1.02. The summed E-state index contributed by atoms with van der Waals surface area (Å²) in [5, 5.41) is 8.72. The van der Waals surface area contributed by atoms with Gasteiger partial charge in [0, 0.05) is 6.20 Å². The van der Waals surface area contributed by atoms with Crippen molar-refractivity contribution >= 4 is 28.6 Å². The van der Waals surface area contributed by atoms with Crippen LogP contribution in [-0.4, -0.2) is 26.7 Å². The molecule has 2 heterocycles. The number of hydrogen-bond acceptors (Lipinski definition) is 4. The molecule has 1 N–H and O–H groups in total. The number of hydrogen-bond donors (Lipinski definition) is 1. The lowest BCUT2D eigenvalue weighted by Gasteiger charge is -1.87. The van der Waals surface area contributed by atoms with Crippen LogP contribution in [0, 0.1) is 6.92 Å². The molecule has 0 fully saturated rings. The fourth-order valence-electron chi connectivity index (χ4n) is 1.21. The van der Waals surface area contributed by atoms with Gasteiger partial charge in [0.2, 0.25) is 0 Å². The Morgan fingerprint density at radius 3 is 3.00 bits per heavy atom. The molecule has 0 unspecified atom stereocenters. The Morgan fingerprint density at radius 2 is 2.43 bits per heavy atom. The molecule has 0 aliphatic heterocycles. The van der Waals surface area contributed by atoms with Gasteiger partial charge in [-0.05, 0) is 6.92 Å². The fraction of sp³-hybridized carbons (Fsp3) is 0.125. The summed E-state index contributed by atoms with van der Waals surface area (Å²) in [6, 6.07) is 0. The Hall–Kier alpha value is -1.69. The maximum atomic E-state index is 10.7. The number of nitrogens with zero attached hydrogens (tertiary/aromatic N) is 2. The molecule has 0 aliphatic rings. The van der Waals surface area contributed by atoms with E-state index in [0.29, 0.717) is 22.6 Å². The van der Waals surface area contributed by atoms with Gasteiger partial charge in [-0.15, -0.1) is 0 Å². The first-order valence-electron chi connectivity index (χ1n) is 3.80. The average molecular weight is 210 g/mol. The fourth-order valence-corrected chi connectivity index (χ4v) is 2.09. The molecule has 72 valence electrons. The van der Waals surface area contributed by atoms with Gasteiger partial charge >= 0.3 is 5.97 Å². The predicted octanol–water partition coefficient (Wildman–Crippen LogP) is 1.21. The topological polar surface area (TPSA) is 71.7 Å². The summed E-state index contributed by atoms with van der Waals surface area (Å²) in [7, 11) is 0. The second-order valence-electron chi connectivity index (χ2n) is 2.75. The van der Waals surface area contributed by atoms with Gasteiger partial charge in [-0.1, -0.05) is 11.3 Å². The second-order valence-corrected chi connectivity index (χ2v) is 3.76. The van der Waals surface area contributed by atoms with E-state index >= 15 is 0 Å². The Labute approximate surface area is 82.6 Å². The zero-order chi connectivity index (χ0) is 10.3. The molecule has 0 bridgehead atoms. The van der Waals surface area contributed by atoms with Crippen LogP contribution in [0.3, 0.4) is 0 Å². The van der Waals surface area contributed by atoms with Crippen molar-refractivity contribution in [3.63, 3.8) is 0 Å². The maximum Gasteiger partial charge on any atom is 0.347 e. The first-order chi connectivity index (χ1) is 6.63. The minimum Gasteiger partial charge on any atom is -0.477 e. The first-order valence-corrected chi connectivity index (χ1v) is 4.62. The molecule has 0 amide bonds. The van der Waals surface area contributed by atoms with E-state index in [9.17, 15) is 9.59 Å². The molecular weight excluding hydrogens is 204 g/mol. The van der Waals surface area contributed by atoms with Crippen LogP contribution in [0.15, 0.2) is 6.20 Å². The Morgan fingerprint density at radius 1 is 1.71 bits per heavy atom. The van der Waals surface area contributed by atoms with Crippen LogP contribution in [0.5, 0.6) is 0 Å². The number of aromatic nitrogens is 2. The number of aldehydes is 1. The van der Waals surface area contributed by atoms with Crippen molar-refractivity contribution in [3.8, 4) is 0 Å². The van der Waals surface area contributed by atoms with E-state index in [1.807, 2.05) is 0 Å². The monoisotopic (exact) mass is 210 g/mol. The summed E-state index contributed by atoms with van der Waals surface area (Å²) in [6.07, 6.45) is 2.08. The zero-order valence-corrected chi connectivity index (χ0v) is 8.04. The van der Waals surface area contributed by atoms with Crippen LogP contribution in [0.2, 0.25) is 0 Å². The SMILES string of the molecule is Cc1nc2sc(C(=O)O)cn2c1C=O. The summed E-state index contributed by atoms with van der Waals surface area (Å²) < 4.78 is 1.50. The molecule has 0 atom stereocenters. The van der Waals surface area contributed by atoms with Crippen molar-refractivity contribution in [1.29, 1.82) is 0 Å². The standard InChI is InChI=1S/C8H6N2O3S/c1-4-5(3-11)10-2-6(7(12)13)14-8(10)9-4/h2-3H,1H3,(H,12,13). The highest BCUT2D eigenvalue weighted by Crippen LogP contribution is 2.20. The normalized spacial score (nSPS) is 10.6. The quantitative estimate of drug-likeness (QED) is 0.756. The van der Waals surface area contributed by atoms with Crippen molar-refractivity contribution in [2.24, 2.45) is 0 Å². The predicted molar refractivity (Wildman–Crippen MR) is 50.2 cm³/mol. The summed E-state index contributed by atoms with van der Waals surface area (Å²) in [5.74, 6) is -1.00. The van der Waals surface area contributed by atoms with Crippen LogP contribution in [0.1, 0.15) is 25.9 Å². The number of rotatable bonds is 2. The van der Waals surface area contributed by atoms with Crippen molar-refractivity contribution in [2.45, 2.75) is 6.92 Å². The minimum absolute atomic E-state index is 0.176. The molecule has 2 aromatic heterocycles. The van der Waals surface area contributed by atoms with E-state index in [0.717, 1.165) is 11.3 Å². The van der Waals surface area contributed by atoms with Crippen LogP contribution in [-0.2, 0) is 0 Å². The van der Waals surface area contributed by atoms with Crippen LogP contribution >= 0.6 is 11.3 Å². The van der Waals surface area contributed by atoms with Gasteiger partial charge in [-0.2, -0.15) is 0 Å². The minimum atomic E-state index is -1.00. The number of thiazole rings is 1. The first kappa shape index (κ1) is 8.89. The van der Waals surface area contributed by atoms with Gasteiger partial charge in [0.15, 0.2) is 11.2 Å². The van der Waals surface area contributed by atoms with E-state index < -0.39 is 5.97 Å². The van der Waals surface area contributed by atoms with E-state index in [-0.39, 0.29) is 4.88 Å². The molecule has 0 saturated heterocycles. The third-order valence-electron chi connectivity index (χ3n) is 1.87. The highest BCUT2D eigenvalue weighted by atomic mass is 32.1. The van der Waals surface area contributed by atoms with Gasteiger partial charge in [0.1, 0.15) is 10.6 Å². The van der Waals surface area contributed by atoms with Crippen LogP contribution < -0.4 is 0 Å². The van der Waals surface area contributed by atoms with Gasteiger partial charge < -0.3 is 5.11 Å². The molecule has 0 spiro atoms. The number of aryl methyl sites for hydroxylation is 1. The molecule has 0 saturated carbocycles. The molecule has 2 rings (SSSR count). The lowest BCUT2D eigenvalue weighted by atomic mass is 10.4. The number of fused-ring (bicyclic) bond motifs is 1. The summed E-state index contributed by atoms with van der Waals surface area (Å²) in [6.45, 7) is 1.71. The number of carboxylic acids is 1. The van der Waals surface area contributed by atoms with Crippen molar-refractivity contribution in [1.82, 2.24) is 9.38 Å². The number of imidazole rings is 1. The Balaban J connectivity index is 2.74. The van der Waals surface area contributed by atoms with E-state index in [1.54, 1.807) is 6.92 Å². The van der Waals surface area contributed by atoms with Gasteiger partial charge in [0.25, 0.3) is 0 Å². The van der Waals surface area contributed by atoms with Gasteiger partial charge in [-0.25, -0.2) is 9.78 Å². The zero-order valence-electron chi connectivity index (χ0n) is 7.22. The lowest BCUT2D eigenvalue weighted by Crippen LogP contribution is -1.93. The smallest absolute Gasteiger partial charge is 0.347 e. The summed E-state index contributed by atoms with van der Waals surface area (Å²) in [4.78, 5) is 26.1. The maximum absolute atomic E-state index is 10.7. The van der Waals surface area contributed by atoms with Crippen LogP contribution in [0.4, 0.5) is 0 Å². The number of aromatic carboxylic acids is 1. The average Bonchev–Trinajstić information content (AvgIpc) is 2.60. The number of carbonyl (C=O) groups excluding carboxylic acids is 1. The molecule has 6 heteroatoms. The summed E-state index contributed by atoms with van der Waals surface area (Å²) >= 11 is 1.05. The number of carbonyl (C=O) groups is 2. The second kappa shape index (κ2) is 2.91. The van der Waals surface area contributed by atoms with Crippen molar-refractivity contribution in [2.75, 3.05) is 0 Å². The van der Waals surface area contributed by atoms with E-state index in [4.69, 9.17) is 5.11 Å². The third kappa shape index (κ3) is 1.12. The Bertz CT molecular complexity index is 526. The van der Waals surface area contributed by atoms with E-state index in [2.05, 4.69) is 4.98 Å². The molecule has 5 nitrogen and oxygen atoms in total. The molecular formula is C8H6N2O3S. The largest absolute Gasteiger partial charge is 0.477 e. The van der Waals surface area contributed by atoms with Crippen molar-refractivity contribution < 1.29 is 14.7 Å². The molecule has 0 aliphatic carbocycles. The highest BCUT2D eigenvalue weighted by molar-refractivity contribution is 7.18. The van der Waals surface area contributed by atoms with Gasteiger partial charge in [-0.3, -0.25) is 9.20 Å². The highest BCUT2D eigenvalue weighted by Gasteiger charge is 2.14. The molecule has 0 radical (unpaired) electrons. The molecule has 0 aromatic carbocycles. The Kier molecular flexibility index (Phi) is 1.85. The van der Waals surface area contributed by atoms with Gasteiger partial charge in [0.05, 0.1) is 5.69 Å².